The standard InChI is InChI=1S/C29H33N3O/c1-20-15-16-23(28(2,3)22-13-9-6-10-14-22)24(17-20)32(4)27(33)26-25(29(26,18-30)19-31)21-11-7-5-8-12-21/h5-14,20,23-26H,15-17H2,1-4H3/t20-,23-,24-,25-,26+/m1/s1. The first-order valence-corrected chi connectivity index (χ1v) is 12.0. The molecule has 0 saturated heterocycles. The van der Waals surface area contributed by atoms with E-state index in [0.29, 0.717) is 11.8 Å². The molecule has 0 unspecified atom stereocenters. The van der Waals surface area contributed by atoms with E-state index < -0.39 is 11.3 Å². The summed E-state index contributed by atoms with van der Waals surface area (Å²) in [5.74, 6) is -0.214. The van der Waals surface area contributed by atoms with Crippen LogP contribution in [-0.2, 0) is 10.2 Å². The first-order valence-electron chi connectivity index (χ1n) is 12.0. The molecule has 2 aliphatic carbocycles. The summed E-state index contributed by atoms with van der Waals surface area (Å²) in [6, 6.07) is 24.6. The van der Waals surface area contributed by atoms with Crippen LogP contribution in [0.15, 0.2) is 60.7 Å². The van der Waals surface area contributed by atoms with Crippen LogP contribution in [0.2, 0.25) is 0 Å². The maximum Gasteiger partial charge on any atom is 0.229 e. The maximum absolute atomic E-state index is 13.9. The fourth-order valence-electron chi connectivity index (χ4n) is 6.23. The van der Waals surface area contributed by atoms with Gasteiger partial charge in [0.05, 0.1) is 18.1 Å². The molecule has 0 N–H and O–H groups in total. The van der Waals surface area contributed by atoms with Gasteiger partial charge >= 0.3 is 0 Å². The Morgan fingerprint density at radius 3 is 2.15 bits per heavy atom. The molecule has 5 atom stereocenters. The average molecular weight is 440 g/mol. The summed E-state index contributed by atoms with van der Waals surface area (Å²) >= 11 is 0. The van der Waals surface area contributed by atoms with Gasteiger partial charge in [-0.25, -0.2) is 0 Å². The lowest BCUT2D eigenvalue weighted by molar-refractivity contribution is -0.136. The minimum Gasteiger partial charge on any atom is -0.342 e. The van der Waals surface area contributed by atoms with Crippen LogP contribution in [0.4, 0.5) is 0 Å². The van der Waals surface area contributed by atoms with Gasteiger partial charge in [0, 0.05) is 19.0 Å². The molecule has 0 aliphatic heterocycles. The highest BCUT2D eigenvalue weighted by Gasteiger charge is 2.71. The van der Waals surface area contributed by atoms with Crippen LogP contribution in [0.5, 0.6) is 0 Å². The number of rotatable bonds is 5. The molecule has 4 heteroatoms. The van der Waals surface area contributed by atoms with Crippen molar-refractivity contribution in [2.45, 2.75) is 57.4 Å². The van der Waals surface area contributed by atoms with Crippen molar-refractivity contribution in [3.63, 3.8) is 0 Å². The SMILES string of the molecule is C[C@@H]1CC[C@@H](C(C)(C)c2ccccc2)[C@H](N(C)C(=O)[C@@H]2[C@@H](c3ccccc3)C2(C#N)C#N)C1. The van der Waals surface area contributed by atoms with Crippen LogP contribution in [0.3, 0.4) is 0 Å². The van der Waals surface area contributed by atoms with Gasteiger partial charge in [-0.2, -0.15) is 10.5 Å². The van der Waals surface area contributed by atoms with Crippen LogP contribution in [0.25, 0.3) is 0 Å². The van der Waals surface area contributed by atoms with Gasteiger partial charge in [0.15, 0.2) is 5.41 Å². The zero-order valence-corrected chi connectivity index (χ0v) is 20.0. The van der Waals surface area contributed by atoms with E-state index in [2.05, 4.69) is 57.2 Å². The average Bonchev–Trinajstić information content (AvgIpc) is 3.53. The van der Waals surface area contributed by atoms with E-state index in [1.165, 1.54) is 5.56 Å². The monoisotopic (exact) mass is 439 g/mol. The number of nitrogens with zero attached hydrogens (tertiary/aromatic N) is 3. The van der Waals surface area contributed by atoms with Crippen LogP contribution in [0, 0.1) is 45.8 Å². The van der Waals surface area contributed by atoms with Crippen molar-refractivity contribution in [2.24, 2.45) is 23.2 Å². The van der Waals surface area contributed by atoms with E-state index in [4.69, 9.17) is 0 Å². The van der Waals surface area contributed by atoms with E-state index in [1.54, 1.807) is 0 Å². The summed E-state index contributed by atoms with van der Waals surface area (Å²) in [6.07, 6.45) is 3.15. The molecular weight excluding hydrogens is 406 g/mol. The second-order valence-electron chi connectivity index (χ2n) is 10.6. The normalized spacial score (nSPS) is 28.2. The summed E-state index contributed by atoms with van der Waals surface area (Å²) < 4.78 is 0. The molecule has 2 fully saturated rings. The Balaban J connectivity index is 1.65. The number of hydrogen-bond acceptors (Lipinski definition) is 3. The van der Waals surface area contributed by atoms with Gasteiger partial charge in [0.2, 0.25) is 5.91 Å². The van der Waals surface area contributed by atoms with Crippen molar-refractivity contribution in [1.82, 2.24) is 4.90 Å². The topological polar surface area (TPSA) is 67.9 Å². The number of benzene rings is 2. The highest BCUT2D eigenvalue weighted by molar-refractivity contribution is 5.87. The zero-order chi connectivity index (χ0) is 23.8. The molecule has 4 nitrogen and oxygen atoms in total. The summed E-state index contributed by atoms with van der Waals surface area (Å²) in [5.41, 5.74) is 0.806. The molecule has 0 aromatic heterocycles. The number of hydrogen-bond donors (Lipinski definition) is 0. The molecule has 2 aliphatic rings. The van der Waals surface area contributed by atoms with Crippen molar-refractivity contribution >= 4 is 5.91 Å². The van der Waals surface area contributed by atoms with Crippen LogP contribution < -0.4 is 0 Å². The summed E-state index contributed by atoms with van der Waals surface area (Å²) in [5, 5.41) is 19.9. The third kappa shape index (κ3) is 3.83. The van der Waals surface area contributed by atoms with Gasteiger partial charge in [-0.1, -0.05) is 87.9 Å². The summed E-state index contributed by atoms with van der Waals surface area (Å²) in [6.45, 7) is 6.83. The Hall–Kier alpha value is -3.11. The quantitative estimate of drug-likeness (QED) is 0.602. The smallest absolute Gasteiger partial charge is 0.229 e. The molecule has 2 aromatic rings. The molecule has 0 bridgehead atoms. The molecule has 170 valence electrons. The lowest BCUT2D eigenvalue weighted by Crippen LogP contribution is -2.51. The molecule has 0 radical (unpaired) electrons. The van der Waals surface area contributed by atoms with Crippen LogP contribution in [-0.4, -0.2) is 23.9 Å². The minimum atomic E-state index is -1.28. The Labute approximate surface area is 197 Å². The van der Waals surface area contributed by atoms with Gasteiger partial charge in [0.25, 0.3) is 0 Å². The maximum atomic E-state index is 13.9. The van der Waals surface area contributed by atoms with Gasteiger partial charge in [-0.15, -0.1) is 0 Å². The lowest BCUT2D eigenvalue weighted by Gasteiger charge is -2.48. The molecule has 0 heterocycles. The molecule has 0 spiro atoms. The summed E-state index contributed by atoms with van der Waals surface area (Å²) in [4.78, 5) is 15.8. The van der Waals surface area contributed by atoms with Gasteiger partial charge in [-0.3, -0.25) is 4.79 Å². The number of carbonyl (C=O) groups excluding carboxylic acids is 1. The van der Waals surface area contributed by atoms with Crippen molar-refractivity contribution in [2.75, 3.05) is 7.05 Å². The van der Waals surface area contributed by atoms with Crippen LogP contribution in [0.1, 0.15) is 57.1 Å². The Morgan fingerprint density at radius 1 is 1.00 bits per heavy atom. The first-order chi connectivity index (χ1) is 15.8. The second-order valence-corrected chi connectivity index (χ2v) is 10.6. The van der Waals surface area contributed by atoms with E-state index in [9.17, 15) is 15.3 Å². The van der Waals surface area contributed by atoms with E-state index in [1.807, 2.05) is 48.3 Å². The van der Waals surface area contributed by atoms with E-state index >= 15 is 0 Å². The largest absolute Gasteiger partial charge is 0.342 e. The Kier molecular flexibility index (Phi) is 6.06. The van der Waals surface area contributed by atoms with Crippen LogP contribution >= 0.6 is 0 Å². The lowest BCUT2D eigenvalue weighted by atomic mass is 9.63. The molecular formula is C29H33N3O. The third-order valence-electron chi connectivity index (χ3n) is 8.37. The number of carbonyl (C=O) groups is 1. The predicted molar refractivity (Wildman–Crippen MR) is 129 cm³/mol. The molecule has 33 heavy (non-hydrogen) atoms. The second kappa shape index (κ2) is 8.68. The molecule has 2 aromatic carbocycles. The predicted octanol–water partition coefficient (Wildman–Crippen LogP) is 5.67. The van der Waals surface area contributed by atoms with Crippen molar-refractivity contribution < 1.29 is 4.79 Å². The highest BCUT2D eigenvalue weighted by Crippen LogP contribution is 2.65. The Morgan fingerprint density at radius 2 is 1.58 bits per heavy atom. The number of nitriles is 2. The van der Waals surface area contributed by atoms with Gasteiger partial charge in [-0.05, 0) is 41.2 Å². The van der Waals surface area contributed by atoms with E-state index in [0.717, 1.165) is 24.8 Å². The van der Waals surface area contributed by atoms with Gasteiger partial charge in [0.1, 0.15) is 0 Å². The zero-order valence-electron chi connectivity index (χ0n) is 20.0. The van der Waals surface area contributed by atoms with Crippen molar-refractivity contribution in [1.29, 1.82) is 10.5 Å². The minimum absolute atomic E-state index is 0.0695. The summed E-state index contributed by atoms with van der Waals surface area (Å²) in [7, 11) is 1.89. The van der Waals surface area contributed by atoms with Crippen molar-refractivity contribution in [3.8, 4) is 12.1 Å². The van der Waals surface area contributed by atoms with Crippen molar-refractivity contribution in [3.05, 3.63) is 71.8 Å². The Bertz CT molecular complexity index is 1070. The number of amides is 1. The first kappa shape index (κ1) is 23.1. The fraction of sp³-hybridized carbons (Fsp3) is 0.483. The fourth-order valence-corrected chi connectivity index (χ4v) is 6.23. The van der Waals surface area contributed by atoms with Gasteiger partial charge < -0.3 is 4.90 Å². The molecule has 4 rings (SSSR count). The molecule has 1 amide bonds. The molecule has 2 saturated carbocycles. The highest BCUT2D eigenvalue weighted by atomic mass is 16.2. The third-order valence-corrected chi connectivity index (χ3v) is 8.37. The van der Waals surface area contributed by atoms with E-state index in [-0.39, 0.29) is 23.3 Å².